The predicted molar refractivity (Wildman–Crippen MR) is 277 cm³/mol. The topological polar surface area (TPSA) is 172 Å². The Balaban J connectivity index is 0.000000178. The molecule has 0 spiro atoms. The van der Waals surface area contributed by atoms with Crippen molar-refractivity contribution < 1.29 is 28.5 Å². The van der Waals surface area contributed by atoms with Crippen LogP contribution in [0.3, 0.4) is 0 Å². The van der Waals surface area contributed by atoms with E-state index >= 15 is 0 Å². The van der Waals surface area contributed by atoms with Gasteiger partial charge in [-0.2, -0.15) is 10.2 Å². The van der Waals surface area contributed by atoms with Crippen molar-refractivity contribution in [2.75, 3.05) is 51.0 Å². The lowest BCUT2D eigenvalue weighted by atomic mass is 10.2. The highest BCUT2D eigenvalue weighted by atomic mass is 35.5. The van der Waals surface area contributed by atoms with E-state index in [1.54, 1.807) is 33.5 Å². The summed E-state index contributed by atoms with van der Waals surface area (Å²) in [4.78, 5) is 32.2. The van der Waals surface area contributed by atoms with Crippen molar-refractivity contribution in [3.05, 3.63) is 144 Å². The molecule has 0 aliphatic carbocycles. The van der Waals surface area contributed by atoms with Crippen LogP contribution in [-0.4, -0.2) is 98.1 Å². The molecule has 2 atom stereocenters. The molecule has 2 aliphatic heterocycles. The summed E-state index contributed by atoms with van der Waals surface area (Å²) in [6.45, 7) is 11.5. The van der Waals surface area contributed by atoms with Gasteiger partial charge in [-0.15, -0.1) is 0 Å². The molecule has 17 heteroatoms. The molecule has 6 heterocycles. The highest BCUT2D eigenvalue weighted by molar-refractivity contribution is 6.62. The van der Waals surface area contributed by atoms with Gasteiger partial charge in [0.05, 0.1) is 27.3 Å². The Morgan fingerprint density at radius 1 is 0.634 bits per heavy atom. The van der Waals surface area contributed by atoms with Crippen LogP contribution in [0.5, 0.6) is 34.5 Å². The van der Waals surface area contributed by atoms with Crippen LogP contribution in [-0.2, 0) is 22.7 Å². The number of halogens is 1. The summed E-state index contributed by atoms with van der Waals surface area (Å²) < 4.78 is 27.0. The van der Waals surface area contributed by atoms with E-state index in [4.69, 9.17) is 29.1 Å². The van der Waals surface area contributed by atoms with E-state index < -0.39 is 0 Å². The molecule has 8 aromatic rings. The summed E-state index contributed by atoms with van der Waals surface area (Å²) in [6.07, 6.45) is 5.44. The van der Waals surface area contributed by atoms with Gasteiger partial charge in [-0.1, -0.05) is 59.7 Å². The van der Waals surface area contributed by atoms with E-state index in [-0.39, 0.29) is 17.2 Å². The molecule has 0 unspecified atom stereocenters. The third-order valence-electron chi connectivity index (χ3n) is 12.0. The average Bonchev–Trinajstić information content (AvgIpc) is 4.20. The summed E-state index contributed by atoms with van der Waals surface area (Å²) >= 11 is 4.64. The number of anilines is 2. The zero-order valence-corrected chi connectivity index (χ0v) is 41.6. The Morgan fingerprint density at radius 3 is 1.46 bits per heavy atom. The average molecular weight is 980 g/mol. The van der Waals surface area contributed by atoms with E-state index in [2.05, 4.69) is 44.4 Å². The van der Waals surface area contributed by atoms with Crippen molar-refractivity contribution in [2.24, 2.45) is 0 Å². The van der Waals surface area contributed by atoms with Crippen LogP contribution in [0.15, 0.2) is 122 Å². The number of carbonyl (C=O) groups excluding carboxylic acids is 2. The maximum absolute atomic E-state index is 11.8. The number of aryl methyl sites for hydroxylation is 2. The fourth-order valence-electron chi connectivity index (χ4n) is 8.34. The number of benzene rings is 4. The Hall–Kier alpha value is -7.69. The number of pyridine rings is 2. The minimum Gasteiger partial charge on any atom is -0.497 e. The number of fused-ring (bicyclic) bond motifs is 2. The zero-order valence-electron chi connectivity index (χ0n) is 40.8. The van der Waals surface area contributed by atoms with E-state index in [1.165, 1.54) is 18.1 Å². The summed E-state index contributed by atoms with van der Waals surface area (Å²) in [5, 5.41) is 21.7. The maximum Gasteiger partial charge on any atom is 0.219 e. The van der Waals surface area contributed by atoms with Gasteiger partial charge < -0.3 is 39.8 Å². The molecule has 10 rings (SSSR count). The molecule has 16 nitrogen and oxygen atoms in total. The van der Waals surface area contributed by atoms with Crippen molar-refractivity contribution >= 4 is 56.5 Å². The molecule has 2 saturated heterocycles. The van der Waals surface area contributed by atoms with Crippen molar-refractivity contribution in [1.82, 2.24) is 39.7 Å². The third kappa shape index (κ3) is 12.9. The first-order chi connectivity index (χ1) is 34.4. The summed E-state index contributed by atoms with van der Waals surface area (Å²) in [5.74, 6) is 6.22. The first kappa shape index (κ1) is 49.7. The number of aromatic nitrogens is 6. The third-order valence-corrected chi connectivity index (χ3v) is 12.0. The number of methoxy groups -OCH3 is 2. The quantitative estimate of drug-likeness (QED) is 0.0881. The van der Waals surface area contributed by atoms with Crippen molar-refractivity contribution in [3.63, 3.8) is 0 Å². The molecule has 71 heavy (non-hydrogen) atoms. The Labute approximate surface area is 418 Å². The second-order valence-electron chi connectivity index (χ2n) is 17.5. The molecule has 1 amide bonds. The lowest BCUT2D eigenvalue weighted by Crippen LogP contribution is -2.29. The standard InChI is InChI=1S/C27H29N5O3.C25H27N5O2.C2H3ClO/c1-18-4-8-23(9-5-18)35-24-12-14-28-27-25(24)26(29-21-13-15-31(17-21)19(2)33)30-32(27)16-20-6-10-22(34-3)11-7-20;1-17-3-7-21(8-4-17)32-22-12-14-27-25-23(22)24(28-19-11-13-26-15-19)29-30(25)16-18-5-9-20(31-2)10-6-18;1-2(3)4/h4-12,14,21H,13,15-17H2,1-3H3,(H,29,30);3-10,12,14,19,26H,11,13,15-16H2,1-2H3,(H,28,29);1H3/t21-;19-;/m11./s1. The number of nitrogens with one attached hydrogen (secondary N) is 3. The molecule has 0 bridgehead atoms. The van der Waals surface area contributed by atoms with Crippen LogP contribution in [0, 0.1) is 13.8 Å². The smallest absolute Gasteiger partial charge is 0.219 e. The zero-order chi connectivity index (χ0) is 49.9. The minimum absolute atomic E-state index is 0.0919. The summed E-state index contributed by atoms with van der Waals surface area (Å²) in [7, 11) is 3.33. The molecule has 3 N–H and O–H groups in total. The highest BCUT2D eigenvalue weighted by Crippen LogP contribution is 2.37. The Kier molecular flexibility index (Phi) is 16.3. The number of ether oxygens (including phenoxy) is 4. The number of hydrogen-bond donors (Lipinski definition) is 3. The minimum atomic E-state index is -0.361. The second kappa shape index (κ2) is 23.3. The molecular formula is C54H59ClN10O6. The van der Waals surface area contributed by atoms with Crippen LogP contribution in [0.2, 0.25) is 0 Å². The second-order valence-corrected chi connectivity index (χ2v) is 18.0. The lowest BCUT2D eigenvalue weighted by molar-refractivity contribution is -0.127. The van der Waals surface area contributed by atoms with Gasteiger partial charge in [-0.05, 0) is 104 Å². The summed E-state index contributed by atoms with van der Waals surface area (Å²) in [5.41, 5.74) is 6.09. The Morgan fingerprint density at radius 2 is 1.07 bits per heavy atom. The van der Waals surface area contributed by atoms with E-state index in [9.17, 15) is 9.59 Å². The van der Waals surface area contributed by atoms with Crippen LogP contribution < -0.4 is 34.9 Å². The van der Waals surface area contributed by atoms with E-state index in [0.29, 0.717) is 37.2 Å². The summed E-state index contributed by atoms with van der Waals surface area (Å²) in [6, 6.07) is 36.2. The largest absolute Gasteiger partial charge is 0.497 e. The SMILES string of the molecule is CC(=O)Cl.COc1ccc(Cn2nc(N[C@@H]3CCN(C(C)=O)C3)c3c(Oc4ccc(C)cc4)ccnc32)cc1.COc1ccc(Cn2nc(N[C@@H]3CCNC3)c3c(Oc4ccc(C)cc4)ccnc32)cc1. The van der Waals surface area contributed by atoms with Gasteiger partial charge in [0.1, 0.15) is 45.3 Å². The number of likely N-dealkylation sites (tertiary alicyclic amines) is 1. The van der Waals surface area contributed by atoms with Gasteiger partial charge in [0.25, 0.3) is 0 Å². The Bertz CT molecular complexity index is 3040. The van der Waals surface area contributed by atoms with Gasteiger partial charge in [0.15, 0.2) is 22.9 Å². The van der Waals surface area contributed by atoms with Crippen LogP contribution >= 0.6 is 11.6 Å². The normalized spacial score (nSPS) is 15.1. The van der Waals surface area contributed by atoms with Gasteiger partial charge in [0, 0.05) is 70.1 Å². The number of nitrogens with zero attached hydrogens (tertiary/aromatic N) is 7. The molecular weight excluding hydrogens is 920 g/mol. The fraction of sp³-hybridized carbons (Fsp3) is 0.296. The van der Waals surface area contributed by atoms with Gasteiger partial charge in [0.2, 0.25) is 11.1 Å². The number of hydrogen-bond acceptors (Lipinski definition) is 13. The number of rotatable bonds is 14. The number of amides is 1. The molecule has 0 saturated carbocycles. The lowest BCUT2D eigenvalue weighted by Gasteiger charge is -2.15. The van der Waals surface area contributed by atoms with Gasteiger partial charge in [-0.3, -0.25) is 9.59 Å². The van der Waals surface area contributed by atoms with E-state index in [1.807, 2.05) is 130 Å². The molecule has 2 fully saturated rings. The monoisotopic (exact) mass is 978 g/mol. The molecule has 2 aliphatic rings. The molecule has 368 valence electrons. The van der Waals surface area contributed by atoms with Crippen molar-refractivity contribution in [3.8, 4) is 34.5 Å². The number of carbonyl (C=O) groups is 2. The maximum atomic E-state index is 11.8. The first-order valence-electron chi connectivity index (χ1n) is 23.5. The van der Waals surface area contributed by atoms with E-state index in [0.717, 1.165) is 100 Å². The molecule has 4 aromatic heterocycles. The van der Waals surface area contributed by atoms with Crippen LogP contribution in [0.4, 0.5) is 11.6 Å². The van der Waals surface area contributed by atoms with Crippen LogP contribution in [0.25, 0.3) is 22.1 Å². The molecule has 4 aromatic carbocycles. The highest BCUT2D eigenvalue weighted by Gasteiger charge is 2.27. The molecule has 0 radical (unpaired) electrons. The van der Waals surface area contributed by atoms with Gasteiger partial charge >= 0.3 is 0 Å². The predicted octanol–water partition coefficient (Wildman–Crippen LogP) is 9.76. The van der Waals surface area contributed by atoms with Crippen molar-refractivity contribution in [2.45, 2.75) is 65.7 Å². The van der Waals surface area contributed by atoms with Crippen LogP contribution in [0.1, 0.15) is 48.9 Å². The first-order valence-corrected chi connectivity index (χ1v) is 23.9. The van der Waals surface area contributed by atoms with Crippen molar-refractivity contribution in [1.29, 1.82) is 0 Å². The van der Waals surface area contributed by atoms with Gasteiger partial charge in [-0.25, -0.2) is 19.3 Å². The fourth-order valence-corrected chi connectivity index (χ4v) is 8.34.